The number of ether oxygens (including phenoxy) is 1. The molecule has 104 valence electrons. The number of nitrogens with one attached hydrogen (secondary N) is 1. The quantitative estimate of drug-likeness (QED) is 0.838. The number of nitrogen functional groups attached to an aromatic ring is 1. The van der Waals surface area contributed by atoms with Gasteiger partial charge < -0.3 is 15.8 Å². The van der Waals surface area contributed by atoms with Crippen LogP contribution in [0, 0.1) is 6.92 Å². The summed E-state index contributed by atoms with van der Waals surface area (Å²) in [5.41, 5.74) is 7.47. The molecule has 1 heterocycles. The third-order valence-electron chi connectivity index (χ3n) is 2.68. The zero-order chi connectivity index (χ0) is 14.5. The number of aryl methyl sites for hydroxylation is 1. The molecule has 3 N–H and O–H groups in total. The molecule has 0 radical (unpaired) electrons. The van der Waals surface area contributed by atoms with E-state index in [1.165, 1.54) is 0 Å². The van der Waals surface area contributed by atoms with E-state index in [1.807, 2.05) is 26.0 Å². The van der Waals surface area contributed by atoms with Gasteiger partial charge in [-0.05, 0) is 44.2 Å². The van der Waals surface area contributed by atoms with E-state index in [1.54, 1.807) is 24.3 Å². The first-order chi connectivity index (χ1) is 9.60. The van der Waals surface area contributed by atoms with Gasteiger partial charge in [0, 0.05) is 11.4 Å². The summed E-state index contributed by atoms with van der Waals surface area (Å²) in [5, 5.41) is 2.74. The smallest absolute Gasteiger partial charge is 0.260 e. The summed E-state index contributed by atoms with van der Waals surface area (Å²) in [5.74, 6) is 0.713. The van der Waals surface area contributed by atoms with Gasteiger partial charge in [-0.1, -0.05) is 6.07 Å². The molecule has 1 amide bonds. The summed E-state index contributed by atoms with van der Waals surface area (Å²) in [6, 6.07) is 10.4. The van der Waals surface area contributed by atoms with Gasteiger partial charge in [0.05, 0.1) is 12.2 Å². The molecule has 0 saturated carbocycles. The van der Waals surface area contributed by atoms with Gasteiger partial charge in [0.2, 0.25) is 0 Å². The Morgan fingerprint density at radius 3 is 2.85 bits per heavy atom. The molecule has 20 heavy (non-hydrogen) atoms. The Hall–Kier alpha value is -2.56. The molecule has 0 fully saturated rings. The third kappa shape index (κ3) is 3.26. The van der Waals surface area contributed by atoms with Crippen molar-refractivity contribution in [2.24, 2.45) is 0 Å². The highest BCUT2D eigenvalue weighted by Crippen LogP contribution is 2.22. The standard InChI is InChI=1S/C15H17N3O2/c1-3-20-13-8-7-11(16)9-12(13)15(19)18-14-6-4-5-10(2)17-14/h4-9H,3,16H2,1-2H3,(H,17,18,19). The van der Waals surface area contributed by atoms with Crippen LogP contribution in [0.15, 0.2) is 36.4 Å². The Morgan fingerprint density at radius 1 is 1.35 bits per heavy atom. The number of nitrogens with zero attached hydrogens (tertiary/aromatic N) is 1. The van der Waals surface area contributed by atoms with Crippen molar-refractivity contribution in [3.63, 3.8) is 0 Å². The molecule has 2 aromatic rings. The van der Waals surface area contributed by atoms with Gasteiger partial charge in [0.15, 0.2) is 0 Å². The van der Waals surface area contributed by atoms with Gasteiger partial charge in [-0.25, -0.2) is 4.98 Å². The van der Waals surface area contributed by atoms with Gasteiger partial charge in [-0.2, -0.15) is 0 Å². The van der Waals surface area contributed by atoms with Gasteiger partial charge in [0.25, 0.3) is 5.91 Å². The van der Waals surface area contributed by atoms with Crippen LogP contribution in [0.25, 0.3) is 0 Å². The molecule has 2 rings (SSSR count). The Balaban J connectivity index is 2.26. The Labute approximate surface area is 117 Å². The topological polar surface area (TPSA) is 77.2 Å². The van der Waals surface area contributed by atoms with E-state index in [-0.39, 0.29) is 5.91 Å². The summed E-state index contributed by atoms with van der Waals surface area (Å²) in [6.45, 7) is 4.20. The summed E-state index contributed by atoms with van der Waals surface area (Å²) in [4.78, 5) is 16.5. The minimum Gasteiger partial charge on any atom is -0.493 e. The Kier molecular flexibility index (Phi) is 4.20. The molecule has 5 heteroatoms. The number of hydrogen-bond donors (Lipinski definition) is 2. The van der Waals surface area contributed by atoms with E-state index in [9.17, 15) is 4.79 Å². The van der Waals surface area contributed by atoms with Crippen LogP contribution in [0.5, 0.6) is 5.75 Å². The summed E-state index contributed by atoms with van der Waals surface area (Å²) in [6.07, 6.45) is 0. The van der Waals surface area contributed by atoms with Crippen LogP contribution in [0.2, 0.25) is 0 Å². The molecule has 0 bridgehead atoms. The van der Waals surface area contributed by atoms with Crippen molar-refractivity contribution in [3.05, 3.63) is 47.7 Å². The molecule has 0 aliphatic carbocycles. The minimum absolute atomic E-state index is 0.293. The highest BCUT2D eigenvalue weighted by molar-refractivity contribution is 6.06. The number of hydrogen-bond acceptors (Lipinski definition) is 4. The van der Waals surface area contributed by atoms with Gasteiger partial charge in [0.1, 0.15) is 11.6 Å². The molecular weight excluding hydrogens is 254 g/mol. The molecule has 0 spiro atoms. The number of benzene rings is 1. The SMILES string of the molecule is CCOc1ccc(N)cc1C(=O)Nc1cccc(C)n1. The monoisotopic (exact) mass is 271 g/mol. The number of carbonyl (C=O) groups excluding carboxylic acids is 1. The van der Waals surface area contributed by atoms with Crippen LogP contribution in [0.4, 0.5) is 11.5 Å². The first kappa shape index (κ1) is 13.9. The number of aromatic nitrogens is 1. The molecule has 0 unspecified atom stereocenters. The van der Waals surface area contributed by atoms with E-state index in [2.05, 4.69) is 10.3 Å². The van der Waals surface area contributed by atoms with Crippen molar-refractivity contribution in [2.75, 3.05) is 17.7 Å². The molecule has 5 nitrogen and oxygen atoms in total. The minimum atomic E-state index is -0.293. The predicted octanol–water partition coefficient (Wildman–Crippen LogP) is 2.62. The molecule has 0 aliphatic rings. The fourth-order valence-corrected chi connectivity index (χ4v) is 1.80. The fourth-order valence-electron chi connectivity index (χ4n) is 1.80. The lowest BCUT2D eigenvalue weighted by Crippen LogP contribution is -2.15. The van der Waals surface area contributed by atoms with Gasteiger partial charge in [-0.3, -0.25) is 4.79 Å². The molecule has 1 aromatic heterocycles. The van der Waals surface area contributed by atoms with Crippen molar-refractivity contribution in [1.29, 1.82) is 0 Å². The second-order valence-corrected chi connectivity index (χ2v) is 4.31. The van der Waals surface area contributed by atoms with Crippen molar-refractivity contribution < 1.29 is 9.53 Å². The summed E-state index contributed by atoms with van der Waals surface area (Å²) >= 11 is 0. The van der Waals surface area contributed by atoms with Crippen LogP contribution in [0.3, 0.4) is 0 Å². The van der Waals surface area contributed by atoms with Crippen molar-refractivity contribution in [2.45, 2.75) is 13.8 Å². The highest BCUT2D eigenvalue weighted by Gasteiger charge is 2.13. The molecule has 0 saturated heterocycles. The number of pyridine rings is 1. The lowest BCUT2D eigenvalue weighted by Gasteiger charge is -2.11. The van der Waals surface area contributed by atoms with Crippen LogP contribution in [-0.4, -0.2) is 17.5 Å². The molecular formula is C15H17N3O2. The normalized spacial score (nSPS) is 10.1. The van der Waals surface area contributed by atoms with Crippen LogP contribution >= 0.6 is 0 Å². The van der Waals surface area contributed by atoms with E-state index in [0.29, 0.717) is 29.4 Å². The maximum absolute atomic E-state index is 12.3. The Morgan fingerprint density at radius 2 is 2.15 bits per heavy atom. The summed E-state index contributed by atoms with van der Waals surface area (Å²) < 4.78 is 5.44. The predicted molar refractivity (Wildman–Crippen MR) is 79.0 cm³/mol. The average Bonchev–Trinajstić information content (AvgIpc) is 2.41. The lowest BCUT2D eigenvalue weighted by molar-refractivity contribution is 0.102. The van der Waals surface area contributed by atoms with Crippen LogP contribution < -0.4 is 15.8 Å². The number of carbonyl (C=O) groups is 1. The number of anilines is 2. The fraction of sp³-hybridized carbons (Fsp3) is 0.200. The van der Waals surface area contributed by atoms with E-state index in [0.717, 1.165) is 5.69 Å². The molecule has 1 aromatic carbocycles. The molecule has 0 atom stereocenters. The zero-order valence-corrected chi connectivity index (χ0v) is 11.5. The van der Waals surface area contributed by atoms with Crippen molar-refractivity contribution >= 4 is 17.4 Å². The second kappa shape index (κ2) is 6.06. The third-order valence-corrected chi connectivity index (χ3v) is 2.68. The van der Waals surface area contributed by atoms with Crippen molar-refractivity contribution in [1.82, 2.24) is 4.98 Å². The zero-order valence-electron chi connectivity index (χ0n) is 11.5. The average molecular weight is 271 g/mol. The number of amides is 1. The highest BCUT2D eigenvalue weighted by atomic mass is 16.5. The maximum atomic E-state index is 12.3. The first-order valence-corrected chi connectivity index (χ1v) is 6.37. The number of rotatable bonds is 4. The molecule has 0 aliphatic heterocycles. The van der Waals surface area contributed by atoms with Gasteiger partial charge in [-0.15, -0.1) is 0 Å². The first-order valence-electron chi connectivity index (χ1n) is 6.37. The van der Waals surface area contributed by atoms with E-state index in [4.69, 9.17) is 10.5 Å². The van der Waals surface area contributed by atoms with Crippen LogP contribution in [0.1, 0.15) is 23.0 Å². The van der Waals surface area contributed by atoms with Gasteiger partial charge >= 0.3 is 0 Å². The van der Waals surface area contributed by atoms with E-state index < -0.39 is 0 Å². The van der Waals surface area contributed by atoms with E-state index >= 15 is 0 Å². The van der Waals surface area contributed by atoms with Crippen LogP contribution in [-0.2, 0) is 0 Å². The second-order valence-electron chi connectivity index (χ2n) is 4.31. The largest absolute Gasteiger partial charge is 0.493 e. The Bertz CT molecular complexity index is 626. The lowest BCUT2D eigenvalue weighted by atomic mass is 10.1. The number of nitrogens with two attached hydrogens (primary N) is 1. The maximum Gasteiger partial charge on any atom is 0.260 e. The van der Waals surface area contributed by atoms with Crippen molar-refractivity contribution in [3.8, 4) is 5.75 Å². The summed E-state index contributed by atoms with van der Waals surface area (Å²) in [7, 11) is 0.